The van der Waals surface area contributed by atoms with E-state index in [1.165, 1.54) is 4.31 Å². The van der Waals surface area contributed by atoms with E-state index in [2.05, 4.69) is 5.32 Å². The minimum Gasteiger partial charge on any atom is -0.346 e. The Morgan fingerprint density at radius 3 is 2.13 bits per heavy atom. The Balaban J connectivity index is 1.69. The van der Waals surface area contributed by atoms with E-state index in [1.54, 1.807) is 48.5 Å². The minimum absolute atomic E-state index is 0.108. The summed E-state index contributed by atoms with van der Waals surface area (Å²) in [5.41, 5.74) is 3.41. The standard InChI is InChI=1S/C25H28N2O3S/c1-4-27(31(29,30)24-16-10-19(2)11-17-24)18-21-12-14-23(15-13-21)25(28)26-20(3)22-8-6-5-7-9-22/h5-17,20H,4,18H2,1-3H3,(H,26,28)/t20-/m0/s1. The molecule has 0 aliphatic rings. The molecule has 0 fully saturated rings. The monoisotopic (exact) mass is 436 g/mol. The highest BCUT2D eigenvalue weighted by Gasteiger charge is 2.23. The first-order valence-corrected chi connectivity index (χ1v) is 11.8. The van der Waals surface area contributed by atoms with E-state index in [1.807, 2.05) is 51.1 Å². The number of carbonyl (C=O) groups is 1. The first-order valence-electron chi connectivity index (χ1n) is 10.3. The van der Waals surface area contributed by atoms with Crippen LogP contribution in [0.5, 0.6) is 0 Å². The Hall–Kier alpha value is -2.96. The molecule has 1 amide bonds. The molecule has 1 N–H and O–H groups in total. The maximum absolute atomic E-state index is 13.0. The van der Waals surface area contributed by atoms with Gasteiger partial charge >= 0.3 is 0 Å². The summed E-state index contributed by atoms with van der Waals surface area (Å²) >= 11 is 0. The van der Waals surface area contributed by atoms with Crippen LogP contribution in [0.4, 0.5) is 0 Å². The van der Waals surface area contributed by atoms with E-state index in [4.69, 9.17) is 0 Å². The molecule has 162 valence electrons. The first kappa shape index (κ1) is 22.7. The summed E-state index contributed by atoms with van der Waals surface area (Å²) in [5.74, 6) is -0.164. The number of nitrogens with zero attached hydrogens (tertiary/aromatic N) is 1. The SMILES string of the molecule is CCN(Cc1ccc(C(=O)N[C@@H](C)c2ccccc2)cc1)S(=O)(=O)c1ccc(C)cc1. The Labute approximate surface area is 184 Å². The maximum atomic E-state index is 13.0. The molecular formula is C25H28N2O3S. The van der Waals surface area contributed by atoms with Crippen LogP contribution in [0.25, 0.3) is 0 Å². The number of hydrogen-bond donors (Lipinski definition) is 1. The lowest BCUT2D eigenvalue weighted by Gasteiger charge is -2.21. The molecule has 0 bridgehead atoms. The molecule has 3 aromatic rings. The summed E-state index contributed by atoms with van der Waals surface area (Å²) in [6, 6.07) is 23.6. The van der Waals surface area contributed by atoms with Crippen molar-refractivity contribution in [3.05, 3.63) is 101 Å². The smallest absolute Gasteiger partial charge is 0.251 e. The largest absolute Gasteiger partial charge is 0.346 e. The third kappa shape index (κ3) is 5.60. The van der Waals surface area contributed by atoms with Gasteiger partial charge in [-0.2, -0.15) is 4.31 Å². The van der Waals surface area contributed by atoms with Crippen LogP contribution in [-0.2, 0) is 16.6 Å². The van der Waals surface area contributed by atoms with E-state index in [0.717, 1.165) is 16.7 Å². The van der Waals surface area contributed by atoms with Crippen molar-refractivity contribution in [3.8, 4) is 0 Å². The Bertz CT molecular complexity index is 1110. The van der Waals surface area contributed by atoms with Crippen LogP contribution in [0.1, 0.15) is 46.9 Å². The van der Waals surface area contributed by atoms with Crippen LogP contribution < -0.4 is 5.32 Å². The van der Waals surface area contributed by atoms with Crippen molar-refractivity contribution in [2.45, 2.75) is 38.3 Å². The highest BCUT2D eigenvalue weighted by molar-refractivity contribution is 7.89. The van der Waals surface area contributed by atoms with Crippen molar-refractivity contribution in [1.29, 1.82) is 0 Å². The molecule has 0 aromatic heterocycles. The van der Waals surface area contributed by atoms with Crippen LogP contribution in [0.15, 0.2) is 83.8 Å². The minimum atomic E-state index is -3.59. The molecule has 5 nitrogen and oxygen atoms in total. The molecule has 1 atom stereocenters. The summed E-state index contributed by atoms with van der Waals surface area (Å²) in [5, 5.41) is 2.99. The van der Waals surface area contributed by atoms with Crippen molar-refractivity contribution in [2.24, 2.45) is 0 Å². The molecule has 0 heterocycles. The summed E-state index contributed by atoms with van der Waals surface area (Å²) in [6.45, 7) is 6.28. The van der Waals surface area contributed by atoms with Crippen LogP contribution in [-0.4, -0.2) is 25.2 Å². The van der Waals surface area contributed by atoms with Gasteiger partial charge in [-0.25, -0.2) is 8.42 Å². The zero-order chi connectivity index (χ0) is 22.4. The third-order valence-corrected chi connectivity index (χ3v) is 7.17. The van der Waals surface area contributed by atoms with Gasteiger partial charge < -0.3 is 5.32 Å². The van der Waals surface area contributed by atoms with Crippen LogP contribution in [0, 0.1) is 6.92 Å². The lowest BCUT2D eigenvalue weighted by molar-refractivity contribution is 0.0940. The topological polar surface area (TPSA) is 66.5 Å². The predicted octanol–water partition coefficient (Wildman–Crippen LogP) is 4.70. The number of amides is 1. The van der Waals surface area contributed by atoms with Gasteiger partial charge in [-0.1, -0.05) is 67.1 Å². The second-order valence-corrected chi connectivity index (χ2v) is 9.48. The summed E-state index contributed by atoms with van der Waals surface area (Å²) in [4.78, 5) is 12.9. The van der Waals surface area contributed by atoms with Gasteiger partial charge in [0.1, 0.15) is 0 Å². The number of aryl methyl sites for hydroxylation is 1. The Morgan fingerprint density at radius 2 is 1.55 bits per heavy atom. The predicted molar refractivity (Wildman–Crippen MR) is 123 cm³/mol. The molecule has 0 spiro atoms. The zero-order valence-corrected chi connectivity index (χ0v) is 18.9. The highest BCUT2D eigenvalue weighted by atomic mass is 32.2. The van der Waals surface area contributed by atoms with Crippen LogP contribution in [0.3, 0.4) is 0 Å². The summed E-state index contributed by atoms with van der Waals surface area (Å²) in [6.07, 6.45) is 0. The van der Waals surface area contributed by atoms with Gasteiger partial charge in [0.2, 0.25) is 10.0 Å². The van der Waals surface area contributed by atoms with Crippen LogP contribution in [0.2, 0.25) is 0 Å². The number of carbonyl (C=O) groups excluding carboxylic acids is 1. The fourth-order valence-corrected chi connectivity index (χ4v) is 4.73. The van der Waals surface area contributed by atoms with Crippen molar-refractivity contribution in [1.82, 2.24) is 9.62 Å². The second-order valence-electron chi connectivity index (χ2n) is 7.55. The Morgan fingerprint density at radius 1 is 0.935 bits per heavy atom. The van der Waals surface area contributed by atoms with Gasteiger partial charge in [0, 0.05) is 18.7 Å². The maximum Gasteiger partial charge on any atom is 0.251 e. The van der Waals surface area contributed by atoms with E-state index in [9.17, 15) is 13.2 Å². The van der Waals surface area contributed by atoms with Gasteiger partial charge in [-0.05, 0) is 49.2 Å². The Kier molecular flexibility index (Phi) is 7.25. The fraction of sp³-hybridized carbons (Fsp3) is 0.240. The van der Waals surface area contributed by atoms with E-state index < -0.39 is 10.0 Å². The number of hydrogen-bond acceptors (Lipinski definition) is 3. The second kappa shape index (κ2) is 9.90. The van der Waals surface area contributed by atoms with Gasteiger partial charge in [0.05, 0.1) is 10.9 Å². The summed E-state index contributed by atoms with van der Waals surface area (Å²) in [7, 11) is -3.59. The average molecular weight is 437 g/mol. The zero-order valence-electron chi connectivity index (χ0n) is 18.1. The van der Waals surface area contributed by atoms with Gasteiger partial charge in [0.15, 0.2) is 0 Å². The first-order chi connectivity index (χ1) is 14.8. The normalized spacial score (nSPS) is 12.5. The molecule has 0 aliphatic heterocycles. The molecular weight excluding hydrogens is 408 g/mol. The molecule has 0 unspecified atom stereocenters. The van der Waals surface area contributed by atoms with Crippen molar-refractivity contribution < 1.29 is 13.2 Å². The van der Waals surface area contributed by atoms with Crippen molar-refractivity contribution in [2.75, 3.05) is 6.54 Å². The number of benzene rings is 3. The number of rotatable bonds is 8. The van der Waals surface area contributed by atoms with Crippen LogP contribution >= 0.6 is 0 Å². The molecule has 0 radical (unpaired) electrons. The van der Waals surface area contributed by atoms with E-state index in [-0.39, 0.29) is 23.4 Å². The van der Waals surface area contributed by atoms with Gasteiger partial charge in [0.25, 0.3) is 5.91 Å². The molecule has 3 aromatic carbocycles. The molecule has 0 aliphatic carbocycles. The molecule has 0 saturated carbocycles. The highest BCUT2D eigenvalue weighted by Crippen LogP contribution is 2.19. The molecule has 31 heavy (non-hydrogen) atoms. The summed E-state index contributed by atoms with van der Waals surface area (Å²) < 4.78 is 27.4. The van der Waals surface area contributed by atoms with Crippen molar-refractivity contribution >= 4 is 15.9 Å². The third-order valence-electron chi connectivity index (χ3n) is 5.23. The number of nitrogens with one attached hydrogen (secondary N) is 1. The van der Waals surface area contributed by atoms with Gasteiger partial charge in [-0.15, -0.1) is 0 Å². The number of sulfonamides is 1. The van der Waals surface area contributed by atoms with E-state index in [0.29, 0.717) is 12.1 Å². The lowest BCUT2D eigenvalue weighted by atomic mass is 10.1. The fourth-order valence-electron chi connectivity index (χ4n) is 3.30. The molecule has 6 heteroatoms. The molecule has 3 rings (SSSR count). The quantitative estimate of drug-likeness (QED) is 0.557. The van der Waals surface area contributed by atoms with E-state index >= 15 is 0 Å². The average Bonchev–Trinajstić information content (AvgIpc) is 2.78. The van der Waals surface area contributed by atoms with Gasteiger partial charge in [-0.3, -0.25) is 4.79 Å². The molecule has 0 saturated heterocycles. The lowest BCUT2D eigenvalue weighted by Crippen LogP contribution is -2.30. The van der Waals surface area contributed by atoms with Crippen molar-refractivity contribution in [3.63, 3.8) is 0 Å².